The summed E-state index contributed by atoms with van der Waals surface area (Å²) >= 11 is 0. The van der Waals surface area contributed by atoms with Gasteiger partial charge in [-0.3, -0.25) is 10.1 Å². The quantitative estimate of drug-likeness (QED) is 0.511. The van der Waals surface area contributed by atoms with Crippen molar-refractivity contribution in [1.82, 2.24) is 25.1 Å². The van der Waals surface area contributed by atoms with Crippen molar-refractivity contribution in [2.24, 2.45) is 5.84 Å². The van der Waals surface area contributed by atoms with Crippen LogP contribution >= 0.6 is 0 Å². The first-order valence-electron chi connectivity index (χ1n) is 5.38. The van der Waals surface area contributed by atoms with E-state index in [1.807, 2.05) is 0 Å². The second kappa shape index (κ2) is 5.31. The summed E-state index contributed by atoms with van der Waals surface area (Å²) in [4.78, 5) is 23.7. The summed E-state index contributed by atoms with van der Waals surface area (Å²) in [7, 11) is 0. The fourth-order valence-electron chi connectivity index (χ4n) is 1.20. The Labute approximate surface area is 108 Å². The molecule has 9 heteroatoms. The molecule has 0 aliphatic heterocycles. The third-order valence-electron chi connectivity index (χ3n) is 2.35. The summed E-state index contributed by atoms with van der Waals surface area (Å²) in [6.45, 7) is 3.56. The minimum atomic E-state index is -0.471. The van der Waals surface area contributed by atoms with Crippen LogP contribution in [0.15, 0.2) is 12.4 Å². The van der Waals surface area contributed by atoms with E-state index in [0.29, 0.717) is 17.2 Å². The fourth-order valence-corrected chi connectivity index (χ4v) is 1.20. The topological polar surface area (TPSA) is 132 Å². The molecule has 0 spiro atoms. The summed E-state index contributed by atoms with van der Waals surface area (Å²) < 4.78 is 0. The standard InChI is InChI=1S/C10H12N8O/c1-5-6(2)17-18-10(14-5)15-9(19)7-3-13-8(16-11)4-12-7/h3-4H,11H2,1-2H3,(H,13,16)(H,14,15,18,19). The van der Waals surface area contributed by atoms with Crippen LogP contribution in [0.3, 0.4) is 0 Å². The number of rotatable bonds is 3. The Morgan fingerprint density at radius 3 is 2.53 bits per heavy atom. The number of aryl methyl sites for hydroxylation is 2. The molecule has 98 valence electrons. The number of nitrogens with two attached hydrogens (primary N) is 1. The molecule has 0 saturated heterocycles. The zero-order valence-corrected chi connectivity index (χ0v) is 10.4. The van der Waals surface area contributed by atoms with Gasteiger partial charge in [-0.1, -0.05) is 0 Å². The molecule has 19 heavy (non-hydrogen) atoms. The highest BCUT2D eigenvalue weighted by molar-refractivity contribution is 6.01. The number of amides is 1. The summed E-state index contributed by atoms with van der Waals surface area (Å²) in [5.74, 6) is 5.16. The number of hydrogen-bond donors (Lipinski definition) is 3. The second-order valence-corrected chi connectivity index (χ2v) is 3.69. The van der Waals surface area contributed by atoms with E-state index in [9.17, 15) is 4.79 Å². The molecule has 0 unspecified atom stereocenters. The van der Waals surface area contributed by atoms with Crippen LogP contribution in [0.2, 0.25) is 0 Å². The lowest BCUT2D eigenvalue weighted by atomic mass is 10.4. The Morgan fingerprint density at radius 2 is 1.95 bits per heavy atom. The molecule has 2 aromatic heterocycles. The van der Waals surface area contributed by atoms with Crippen LogP contribution in [-0.4, -0.2) is 31.1 Å². The van der Waals surface area contributed by atoms with E-state index in [4.69, 9.17) is 5.84 Å². The average molecular weight is 260 g/mol. The van der Waals surface area contributed by atoms with Crippen LogP contribution < -0.4 is 16.6 Å². The summed E-state index contributed by atoms with van der Waals surface area (Å²) in [5.41, 5.74) is 3.84. The number of carbonyl (C=O) groups excluding carboxylic acids is 1. The van der Waals surface area contributed by atoms with Gasteiger partial charge in [0, 0.05) is 0 Å². The highest BCUT2D eigenvalue weighted by Gasteiger charge is 2.11. The number of carbonyl (C=O) groups is 1. The maximum absolute atomic E-state index is 11.8. The van der Waals surface area contributed by atoms with Crippen molar-refractivity contribution in [1.29, 1.82) is 0 Å². The molecule has 1 amide bonds. The van der Waals surface area contributed by atoms with Gasteiger partial charge in [0.2, 0.25) is 5.95 Å². The van der Waals surface area contributed by atoms with Crippen LogP contribution in [0.4, 0.5) is 11.8 Å². The molecular formula is C10H12N8O. The molecule has 0 fully saturated rings. The van der Waals surface area contributed by atoms with Gasteiger partial charge in [-0.25, -0.2) is 20.8 Å². The Kier molecular flexibility index (Phi) is 3.57. The molecule has 0 radical (unpaired) electrons. The Balaban J connectivity index is 2.13. The molecule has 2 rings (SSSR count). The monoisotopic (exact) mass is 260 g/mol. The number of hydrogen-bond acceptors (Lipinski definition) is 8. The molecule has 0 atom stereocenters. The van der Waals surface area contributed by atoms with Gasteiger partial charge >= 0.3 is 0 Å². The molecular weight excluding hydrogens is 248 g/mol. The smallest absolute Gasteiger partial charge is 0.278 e. The van der Waals surface area contributed by atoms with E-state index >= 15 is 0 Å². The van der Waals surface area contributed by atoms with Gasteiger partial charge in [-0.15, -0.1) is 5.10 Å². The normalized spacial score (nSPS) is 10.1. The average Bonchev–Trinajstić information content (AvgIpc) is 2.43. The summed E-state index contributed by atoms with van der Waals surface area (Å²) in [5, 5.41) is 10.1. The van der Waals surface area contributed by atoms with Gasteiger partial charge in [0.25, 0.3) is 5.91 Å². The Bertz CT molecular complexity index is 597. The minimum absolute atomic E-state index is 0.121. The van der Waals surface area contributed by atoms with Crippen LogP contribution in [-0.2, 0) is 0 Å². The molecule has 2 heterocycles. The van der Waals surface area contributed by atoms with Crippen LogP contribution in [0, 0.1) is 13.8 Å². The number of nitrogens with one attached hydrogen (secondary N) is 2. The first-order chi connectivity index (χ1) is 9.10. The maximum Gasteiger partial charge on any atom is 0.278 e. The van der Waals surface area contributed by atoms with Gasteiger partial charge < -0.3 is 5.43 Å². The van der Waals surface area contributed by atoms with Crippen molar-refractivity contribution in [3.8, 4) is 0 Å². The lowest BCUT2D eigenvalue weighted by Crippen LogP contribution is -2.18. The van der Waals surface area contributed by atoms with Gasteiger partial charge in [-0.05, 0) is 13.8 Å². The zero-order chi connectivity index (χ0) is 13.8. The third kappa shape index (κ3) is 2.96. The number of anilines is 2. The van der Waals surface area contributed by atoms with E-state index in [-0.39, 0.29) is 11.6 Å². The SMILES string of the molecule is Cc1nnc(NC(=O)c2cnc(NN)cn2)nc1C. The first-order valence-corrected chi connectivity index (χ1v) is 5.38. The van der Waals surface area contributed by atoms with E-state index < -0.39 is 5.91 Å². The minimum Gasteiger partial charge on any atom is -0.307 e. The van der Waals surface area contributed by atoms with E-state index in [2.05, 4.69) is 35.9 Å². The van der Waals surface area contributed by atoms with Crippen LogP contribution in [0.25, 0.3) is 0 Å². The highest BCUT2D eigenvalue weighted by atomic mass is 16.2. The largest absolute Gasteiger partial charge is 0.307 e. The molecule has 0 aliphatic carbocycles. The van der Waals surface area contributed by atoms with Crippen molar-refractivity contribution in [2.45, 2.75) is 13.8 Å². The second-order valence-electron chi connectivity index (χ2n) is 3.69. The number of nitrogen functional groups attached to an aromatic ring is 1. The lowest BCUT2D eigenvalue weighted by molar-refractivity contribution is 0.102. The fraction of sp³-hybridized carbons (Fsp3) is 0.200. The van der Waals surface area contributed by atoms with Crippen molar-refractivity contribution >= 4 is 17.7 Å². The van der Waals surface area contributed by atoms with Crippen molar-refractivity contribution in [2.75, 3.05) is 10.7 Å². The maximum atomic E-state index is 11.8. The van der Waals surface area contributed by atoms with Crippen molar-refractivity contribution < 1.29 is 4.79 Å². The van der Waals surface area contributed by atoms with E-state index in [1.54, 1.807) is 13.8 Å². The Morgan fingerprint density at radius 1 is 1.16 bits per heavy atom. The molecule has 9 nitrogen and oxygen atoms in total. The molecule has 0 bridgehead atoms. The third-order valence-corrected chi connectivity index (χ3v) is 2.35. The summed E-state index contributed by atoms with van der Waals surface area (Å²) in [6.07, 6.45) is 2.63. The number of hydrazine groups is 1. The zero-order valence-electron chi connectivity index (χ0n) is 10.4. The van der Waals surface area contributed by atoms with Crippen LogP contribution in [0.1, 0.15) is 21.9 Å². The number of aromatic nitrogens is 5. The molecule has 0 saturated carbocycles. The Hall–Kier alpha value is -2.68. The highest BCUT2D eigenvalue weighted by Crippen LogP contribution is 2.04. The van der Waals surface area contributed by atoms with Gasteiger partial charge in [0.15, 0.2) is 5.82 Å². The molecule has 2 aromatic rings. The van der Waals surface area contributed by atoms with E-state index in [0.717, 1.165) is 0 Å². The van der Waals surface area contributed by atoms with Crippen LogP contribution in [0.5, 0.6) is 0 Å². The predicted octanol–water partition coefficient (Wildman–Crippen LogP) is -0.184. The first kappa shape index (κ1) is 12.8. The van der Waals surface area contributed by atoms with Crippen molar-refractivity contribution in [3.05, 3.63) is 29.5 Å². The van der Waals surface area contributed by atoms with Gasteiger partial charge in [-0.2, -0.15) is 5.10 Å². The van der Waals surface area contributed by atoms with Crippen molar-refractivity contribution in [3.63, 3.8) is 0 Å². The van der Waals surface area contributed by atoms with Gasteiger partial charge in [0.1, 0.15) is 5.69 Å². The van der Waals surface area contributed by atoms with Gasteiger partial charge in [0.05, 0.1) is 23.8 Å². The number of nitrogens with zero attached hydrogens (tertiary/aromatic N) is 5. The summed E-state index contributed by atoms with van der Waals surface area (Å²) in [6, 6.07) is 0. The van der Waals surface area contributed by atoms with E-state index in [1.165, 1.54) is 12.4 Å². The molecule has 4 N–H and O–H groups in total. The lowest BCUT2D eigenvalue weighted by Gasteiger charge is -2.04. The molecule has 0 aliphatic rings. The predicted molar refractivity (Wildman–Crippen MR) is 67.1 cm³/mol. The molecule has 0 aromatic carbocycles.